The summed E-state index contributed by atoms with van der Waals surface area (Å²) in [6.45, 7) is 3.54. The van der Waals surface area contributed by atoms with Crippen LogP contribution in [0.25, 0.3) is 0 Å². The average Bonchev–Trinajstić information content (AvgIpc) is 2.85. The molecule has 0 aliphatic carbocycles. The van der Waals surface area contributed by atoms with Crippen molar-refractivity contribution < 1.29 is 18.8 Å². The van der Waals surface area contributed by atoms with Crippen molar-refractivity contribution in [1.82, 2.24) is 10.1 Å². The summed E-state index contributed by atoms with van der Waals surface area (Å²) in [5.41, 5.74) is 0.384. The van der Waals surface area contributed by atoms with E-state index >= 15 is 0 Å². The highest BCUT2D eigenvalue weighted by Gasteiger charge is 2.12. The second-order valence-corrected chi connectivity index (χ2v) is 4.10. The molecule has 1 heterocycles. The number of aliphatic hydroxyl groups is 1. The molecule has 2 aromatic rings. The lowest BCUT2D eigenvalue weighted by Crippen LogP contribution is -2.02. The first-order valence-electron chi connectivity index (χ1n) is 6.02. The Bertz CT molecular complexity index is 555. The van der Waals surface area contributed by atoms with Crippen molar-refractivity contribution in [2.45, 2.75) is 33.0 Å². The molecule has 6 heteroatoms. The summed E-state index contributed by atoms with van der Waals surface area (Å²) in [7, 11) is 0. The molecule has 0 unspecified atom stereocenters. The van der Waals surface area contributed by atoms with Crippen molar-refractivity contribution >= 4 is 0 Å². The van der Waals surface area contributed by atoms with Crippen molar-refractivity contribution in [1.29, 1.82) is 0 Å². The van der Waals surface area contributed by atoms with Gasteiger partial charge in [0.05, 0.1) is 6.10 Å². The van der Waals surface area contributed by atoms with Gasteiger partial charge >= 0.3 is 0 Å². The molecule has 0 bridgehead atoms. The number of rotatable bonds is 5. The van der Waals surface area contributed by atoms with Crippen molar-refractivity contribution in [3.05, 3.63) is 41.3 Å². The van der Waals surface area contributed by atoms with Gasteiger partial charge in [-0.2, -0.15) is 4.98 Å². The van der Waals surface area contributed by atoms with Crippen molar-refractivity contribution in [3.63, 3.8) is 0 Å². The van der Waals surface area contributed by atoms with E-state index in [1.807, 2.05) is 6.92 Å². The number of aromatic nitrogens is 2. The third-order valence-electron chi connectivity index (χ3n) is 2.60. The highest BCUT2D eigenvalue weighted by atomic mass is 19.1. The summed E-state index contributed by atoms with van der Waals surface area (Å²) in [6, 6.07) is 3.98. The molecule has 2 rings (SSSR count). The van der Waals surface area contributed by atoms with Crippen LogP contribution in [0.5, 0.6) is 5.75 Å². The maximum Gasteiger partial charge on any atom is 0.264 e. The van der Waals surface area contributed by atoms with Crippen molar-refractivity contribution in [2.24, 2.45) is 0 Å². The fourth-order valence-corrected chi connectivity index (χ4v) is 1.61. The van der Waals surface area contributed by atoms with Gasteiger partial charge in [-0.25, -0.2) is 4.39 Å². The Morgan fingerprint density at radius 3 is 2.89 bits per heavy atom. The van der Waals surface area contributed by atoms with Crippen molar-refractivity contribution in [3.8, 4) is 5.75 Å². The molecule has 0 radical (unpaired) electrons. The van der Waals surface area contributed by atoms with E-state index in [0.717, 1.165) is 0 Å². The van der Waals surface area contributed by atoms with Gasteiger partial charge in [-0.3, -0.25) is 0 Å². The second kappa shape index (κ2) is 5.79. The summed E-state index contributed by atoms with van der Waals surface area (Å²) in [5.74, 6) is 0.924. The maximum absolute atomic E-state index is 13.1. The van der Waals surface area contributed by atoms with E-state index in [-0.39, 0.29) is 6.61 Å². The minimum atomic E-state index is -0.820. The first-order chi connectivity index (χ1) is 9.10. The lowest BCUT2D eigenvalue weighted by molar-refractivity contribution is 0.184. The summed E-state index contributed by atoms with van der Waals surface area (Å²) < 4.78 is 23.6. The summed E-state index contributed by atoms with van der Waals surface area (Å²) >= 11 is 0. The highest BCUT2D eigenvalue weighted by molar-refractivity contribution is 5.35. The van der Waals surface area contributed by atoms with Crippen LogP contribution in [0.1, 0.15) is 37.2 Å². The predicted octanol–water partition coefficient (Wildman–Crippen LogP) is 2.40. The van der Waals surface area contributed by atoms with E-state index in [1.165, 1.54) is 18.2 Å². The van der Waals surface area contributed by atoms with Crippen LogP contribution >= 0.6 is 0 Å². The molecule has 0 spiro atoms. The zero-order valence-corrected chi connectivity index (χ0v) is 10.8. The minimum absolute atomic E-state index is 0.0817. The SMILES string of the molecule is CCc1noc(COc2ccc(F)cc2[C@@H](C)O)n1. The average molecular weight is 266 g/mol. The molecular weight excluding hydrogens is 251 g/mol. The van der Waals surface area contributed by atoms with Gasteiger partial charge in [-0.15, -0.1) is 0 Å². The molecule has 5 nitrogen and oxygen atoms in total. The van der Waals surface area contributed by atoms with Gasteiger partial charge < -0.3 is 14.4 Å². The number of benzene rings is 1. The largest absolute Gasteiger partial charge is 0.483 e. The fourth-order valence-electron chi connectivity index (χ4n) is 1.61. The third kappa shape index (κ3) is 3.29. The van der Waals surface area contributed by atoms with Crippen molar-refractivity contribution in [2.75, 3.05) is 0 Å². The van der Waals surface area contributed by atoms with Gasteiger partial charge in [-0.05, 0) is 25.1 Å². The summed E-state index contributed by atoms with van der Waals surface area (Å²) in [5, 5.41) is 13.3. The zero-order chi connectivity index (χ0) is 13.8. The quantitative estimate of drug-likeness (QED) is 0.900. The molecule has 0 saturated heterocycles. The molecule has 19 heavy (non-hydrogen) atoms. The number of aryl methyl sites for hydroxylation is 1. The van der Waals surface area contributed by atoms with Gasteiger partial charge in [0.1, 0.15) is 11.6 Å². The molecule has 0 saturated carbocycles. The molecular formula is C13H15FN2O3. The van der Waals surface area contributed by atoms with Crippen LogP contribution in [-0.2, 0) is 13.0 Å². The first-order valence-corrected chi connectivity index (χ1v) is 6.02. The molecule has 1 N–H and O–H groups in total. The number of aliphatic hydroxyl groups excluding tert-OH is 1. The molecule has 0 amide bonds. The Labute approximate surface area is 110 Å². The molecule has 1 aromatic carbocycles. The summed E-state index contributed by atoms with van der Waals surface area (Å²) in [6.07, 6.45) is -0.140. The second-order valence-electron chi connectivity index (χ2n) is 4.10. The van der Waals surface area contributed by atoms with Gasteiger partial charge in [-0.1, -0.05) is 12.1 Å². The molecule has 102 valence electrons. The number of hydrogen-bond donors (Lipinski definition) is 1. The molecule has 0 fully saturated rings. The van der Waals surface area contributed by atoms with E-state index in [9.17, 15) is 9.50 Å². The number of halogens is 1. The Kier molecular flexibility index (Phi) is 4.11. The van der Waals surface area contributed by atoms with Crippen LogP contribution in [0.15, 0.2) is 22.7 Å². The Morgan fingerprint density at radius 2 is 2.26 bits per heavy atom. The van der Waals surface area contributed by atoms with E-state index in [2.05, 4.69) is 10.1 Å². The Morgan fingerprint density at radius 1 is 1.47 bits per heavy atom. The first kappa shape index (κ1) is 13.5. The van der Waals surface area contributed by atoms with Gasteiger partial charge in [0.25, 0.3) is 5.89 Å². The Balaban J connectivity index is 2.10. The fraction of sp³-hybridized carbons (Fsp3) is 0.385. The van der Waals surface area contributed by atoms with Gasteiger partial charge in [0.2, 0.25) is 0 Å². The standard InChI is InChI=1S/C13H15FN2O3/c1-3-12-15-13(19-16-12)7-18-11-5-4-9(14)6-10(11)8(2)17/h4-6,8,17H,3,7H2,1-2H3/t8-/m1/s1. The van der Waals surface area contributed by atoms with Crippen LogP contribution in [0.2, 0.25) is 0 Å². The van der Waals surface area contributed by atoms with E-state index in [4.69, 9.17) is 9.26 Å². The molecule has 1 atom stereocenters. The van der Waals surface area contributed by atoms with E-state index in [0.29, 0.717) is 29.4 Å². The highest BCUT2D eigenvalue weighted by Crippen LogP contribution is 2.26. The molecule has 1 aromatic heterocycles. The molecule has 0 aliphatic rings. The Hall–Kier alpha value is -1.95. The zero-order valence-electron chi connectivity index (χ0n) is 10.8. The van der Waals surface area contributed by atoms with Crippen LogP contribution in [0, 0.1) is 5.82 Å². The maximum atomic E-state index is 13.1. The van der Waals surface area contributed by atoms with Gasteiger partial charge in [0.15, 0.2) is 12.4 Å². The normalized spacial score (nSPS) is 12.4. The number of ether oxygens (including phenoxy) is 1. The van der Waals surface area contributed by atoms with Crippen LogP contribution in [0.3, 0.4) is 0 Å². The molecule has 0 aliphatic heterocycles. The predicted molar refractivity (Wildman–Crippen MR) is 65.0 cm³/mol. The topological polar surface area (TPSA) is 68.4 Å². The smallest absolute Gasteiger partial charge is 0.264 e. The monoisotopic (exact) mass is 266 g/mol. The summed E-state index contributed by atoms with van der Waals surface area (Å²) in [4.78, 5) is 4.10. The van der Waals surface area contributed by atoms with E-state index in [1.54, 1.807) is 6.92 Å². The van der Waals surface area contributed by atoms with Gasteiger partial charge in [0, 0.05) is 12.0 Å². The van der Waals surface area contributed by atoms with Crippen LogP contribution in [0.4, 0.5) is 4.39 Å². The number of hydrogen-bond acceptors (Lipinski definition) is 5. The lowest BCUT2D eigenvalue weighted by Gasteiger charge is -2.12. The minimum Gasteiger partial charge on any atom is -0.483 e. The lowest BCUT2D eigenvalue weighted by atomic mass is 10.1. The third-order valence-corrected chi connectivity index (χ3v) is 2.60. The van der Waals surface area contributed by atoms with Crippen LogP contribution in [-0.4, -0.2) is 15.2 Å². The number of nitrogens with zero attached hydrogens (tertiary/aromatic N) is 2. The van der Waals surface area contributed by atoms with E-state index < -0.39 is 11.9 Å². The van der Waals surface area contributed by atoms with Crippen LogP contribution < -0.4 is 4.74 Å².